The minimum absolute atomic E-state index is 0.644. The van der Waals surface area contributed by atoms with Gasteiger partial charge in [-0.2, -0.15) is 0 Å². The Hall–Kier alpha value is -1.85. The number of oxazole rings is 1. The SMILES string of the molecule is CC1CCCN1Cc1coc(-c2ccc(OCCN3CCCCCC3)cc2)n1. The molecule has 5 nitrogen and oxygen atoms in total. The fourth-order valence-corrected chi connectivity index (χ4v) is 4.29. The zero-order valence-corrected chi connectivity index (χ0v) is 17.1. The Balaban J connectivity index is 1.27. The maximum atomic E-state index is 5.95. The van der Waals surface area contributed by atoms with Crippen molar-refractivity contribution in [3.8, 4) is 17.2 Å². The van der Waals surface area contributed by atoms with Crippen molar-refractivity contribution in [2.45, 2.75) is 58.0 Å². The van der Waals surface area contributed by atoms with Gasteiger partial charge in [0.1, 0.15) is 18.6 Å². The van der Waals surface area contributed by atoms with E-state index in [0.29, 0.717) is 11.9 Å². The van der Waals surface area contributed by atoms with Gasteiger partial charge in [-0.05, 0) is 76.5 Å². The van der Waals surface area contributed by atoms with E-state index in [9.17, 15) is 0 Å². The molecule has 0 spiro atoms. The van der Waals surface area contributed by atoms with Crippen molar-refractivity contribution < 1.29 is 9.15 Å². The van der Waals surface area contributed by atoms with E-state index >= 15 is 0 Å². The third kappa shape index (κ3) is 5.15. The maximum Gasteiger partial charge on any atom is 0.226 e. The molecule has 2 aliphatic rings. The lowest BCUT2D eigenvalue weighted by molar-refractivity contribution is 0.214. The van der Waals surface area contributed by atoms with Crippen LogP contribution in [0.4, 0.5) is 0 Å². The second kappa shape index (κ2) is 9.57. The highest BCUT2D eigenvalue weighted by Gasteiger charge is 2.21. The van der Waals surface area contributed by atoms with Crippen molar-refractivity contribution in [1.29, 1.82) is 0 Å². The lowest BCUT2D eigenvalue weighted by Crippen LogP contribution is -2.29. The van der Waals surface area contributed by atoms with Gasteiger partial charge in [0.25, 0.3) is 0 Å². The average Bonchev–Trinajstić information content (AvgIpc) is 3.25. The van der Waals surface area contributed by atoms with Crippen LogP contribution in [0.15, 0.2) is 34.9 Å². The zero-order chi connectivity index (χ0) is 19.2. The summed E-state index contributed by atoms with van der Waals surface area (Å²) in [5, 5.41) is 0. The van der Waals surface area contributed by atoms with Gasteiger partial charge in [-0.1, -0.05) is 12.8 Å². The van der Waals surface area contributed by atoms with Crippen LogP contribution in [0, 0.1) is 0 Å². The molecule has 1 atom stereocenters. The number of nitrogens with zero attached hydrogens (tertiary/aromatic N) is 3. The van der Waals surface area contributed by atoms with Gasteiger partial charge in [0, 0.05) is 24.7 Å². The molecule has 28 heavy (non-hydrogen) atoms. The second-order valence-electron chi connectivity index (χ2n) is 8.23. The number of hydrogen-bond acceptors (Lipinski definition) is 5. The van der Waals surface area contributed by atoms with Crippen molar-refractivity contribution in [2.24, 2.45) is 0 Å². The summed E-state index contributed by atoms with van der Waals surface area (Å²) in [5.41, 5.74) is 2.02. The van der Waals surface area contributed by atoms with Crippen molar-refractivity contribution in [1.82, 2.24) is 14.8 Å². The number of likely N-dealkylation sites (tertiary alicyclic amines) is 2. The molecule has 0 N–H and O–H groups in total. The van der Waals surface area contributed by atoms with Gasteiger partial charge < -0.3 is 9.15 Å². The van der Waals surface area contributed by atoms with Crippen LogP contribution in [0.25, 0.3) is 11.5 Å². The summed E-state index contributed by atoms with van der Waals surface area (Å²) in [7, 11) is 0. The van der Waals surface area contributed by atoms with Crippen molar-refractivity contribution in [3.63, 3.8) is 0 Å². The molecule has 0 aliphatic carbocycles. The summed E-state index contributed by atoms with van der Waals surface area (Å²) in [6.45, 7) is 8.51. The van der Waals surface area contributed by atoms with Gasteiger partial charge in [-0.25, -0.2) is 4.98 Å². The molecule has 1 aromatic carbocycles. The molecule has 0 radical (unpaired) electrons. The minimum atomic E-state index is 0.644. The van der Waals surface area contributed by atoms with Gasteiger partial charge in [-0.3, -0.25) is 9.80 Å². The summed E-state index contributed by atoms with van der Waals surface area (Å²) in [6, 6.07) is 8.75. The largest absolute Gasteiger partial charge is 0.492 e. The Morgan fingerprint density at radius 3 is 2.54 bits per heavy atom. The maximum absolute atomic E-state index is 5.95. The molecule has 1 aromatic heterocycles. The smallest absolute Gasteiger partial charge is 0.226 e. The van der Waals surface area contributed by atoms with Crippen LogP contribution in [0.5, 0.6) is 5.75 Å². The van der Waals surface area contributed by atoms with E-state index in [1.54, 1.807) is 6.26 Å². The number of ether oxygens (including phenoxy) is 1. The predicted molar refractivity (Wildman–Crippen MR) is 111 cm³/mol. The number of rotatable bonds is 7. The van der Waals surface area contributed by atoms with E-state index in [-0.39, 0.29) is 0 Å². The summed E-state index contributed by atoms with van der Waals surface area (Å²) in [6.07, 6.45) is 9.75. The van der Waals surface area contributed by atoms with Gasteiger partial charge >= 0.3 is 0 Å². The fourth-order valence-electron chi connectivity index (χ4n) is 4.29. The van der Waals surface area contributed by atoms with Crippen LogP contribution < -0.4 is 4.74 Å². The molecular formula is C23H33N3O2. The summed E-state index contributed by atoms with van der Waals surface area (Å²) < 4.78 is 11.7. The first-order valence-corrected chi connectivity index (χ1v) is 10.9. The first-order valence-electron chi connectivity index (χ1n) is 10.9. The third-order valence-electron chi connectivity index (χ3n) is 6.08. The Kier molecular flexibility index (Phi) is 6.65. The average molecular weight is 384 g/mol. The molecule has 1 unspecified atom stereocenters. The summed E-state index contributed by atoms with van der Waals surface area (Å²) in [4.78, 5) is 9.68. The van der Waals surface area contributed by atoms with Gasteiger partial charge in [0.15, 0.2) is 0 Å². The van der Waals surface area contributed by atoms with Crippen LogP contribution in [0.3, 0.4) is 0 Å². The molecule has 152 valence electrons. The van der Waals surface area contributed by atoms with Crippen LogP contribution >= 0.6 is 0 Å². The topological polar surface area (TPSA) is 41.7 Å². The van der Waals surface area contributed by atoms with E-state index in [2.05, 4.69) is 21.7 Å². The molecule has 2 aliphatic heterocycles. The fraction of sp³-hybridized carbons (Fsp3) is 0.609. The Morgan fingerprint density at radius 1 is 1.04 bits per heavy atom. The van der Waals surface area contributed by atoms with E-state index in [1.165, 1.54) is 51.6 Å². The Labute approximate surface area is 168 Å². The lowest BCUT2D eigenvalue weighted by Gasteiger charge is -2.19. The zero-order valence-electron chi connectivity index (χ0n) is 17.1. The molecular weight excluding hydrogens is 350 g/mol. The minimum Gasteiger partial charge on any atom is -0.492 e. The molecule has 0 bridgehead atoms. The molecule has 0 amide bonds. The first-order chi connectivity index (χ1) is 13.8. The van der Waals surface area contributed by atoms with E-state index < -0.39 is 0 Å². The molecule has 5 heteroatoms. The molecule has 0 saturated carbocycles. The van der Waals surface area contributed by atoms with E-state index in [4.69, 9.17) is 9.15 Å². The van der Waals surface area contributed by atoms with Crippen molar-refractivity contribution in [3.05, 3.63) is 36.2 Å². The highest BCUT2D eigenvalue weighted by atomic mass is 16.5. The normalized spacial score (nSPS) is 21.7. The Bertz CT molecular complexity index is 720. The molecule has 4 rings (SSSR count). The standard InChI is InChI=1S/C23H33N3O2/c1-19-7-6-14-26(19)17-21-18-28-23(24-21)20-8-10-22(11-9-20)27-16-15-25-12-4-2-3-5-13-25/h8-11,18-19H,2-7,12-17H2,1H3. The number of hydrogen-bond donors (Lipinski definition) is 0. The highest BCUT2D eigenvalue weighted by molar-refractivity contribution is 5.54. The van der Waals surface area contributed by atoms with Crippen molar-refractivity contribution in [2.75, 3.05) is 32.8 Å². The molecule has 2 fully saturated rings. The van der Waals surface area contributed by atoms with Crippen LogP contribution in [0.1, 0.15) is 51.1 Å². The Morgan fingerprint density at radius 2 is 1.82 bits per heavy atom. The second-order valence-corrected chi connectivity index (χ2v) is 8.23. The van der Waals surface area contributed by atoms with Crippen LogP contribution in [-0.2, 0) is 6.54 Å². The lowest BCUT2D eigenvalue weighted by atomic mass is 10.2. The van der Waals surface area contributed by atoms with Crippen LogP contribution in [0.2, 0.25) is 0 Å². The quantitative estimate of drug-likeness (QED) is 0.700. The summed E-state index contributed by atoms with van der Waals surface area (Å²) in [5.74, 6) is 1.61. The summed E-state index contributed by atoms with van der Waals surface area (Å²) >= 11 is 0. The molecule has 2 aromatic rings. The van der Waals surface area contributed by atoms with Crippen LogP contribution in [-0.4, -0.2) is 53.6 Å². The van der Waals surface area contributed by atoms with E-state index in [0.717, 1.165) is 43.2 Å². The van der Waals surface area contributed by atoms with Crippen molar-refractivity contribution >= 4 is 0 Å². The predicted octanol–water partition coefficient (Wildman–Crippen LogP) is 4.58. The van der Waals surface area contributed by atoms with Gasteiger partial charge in [-0.15, -0.1) is 0 Å². The van der Waals surface area contributed by atoms with Gasteiger partial charge in [0.2, 0.25) is 5.89 Å². The van der Waals surface area contributed by atoms with Gasteiger partial charge in [0.05, 0.1) is 5.69 Å². The monoisotopic (exact) mass is 383 g/mol. The van der Waals surface area contributed by atoms with E-state index in [1.807, 2.05) is 24.3 Å². The molecule has 3 heterocycles. The third-order valence-corrected chi connectivity index (χ3v) is 6.08. The number of benzene rings is 1. The highest BCUT2D eigenvalue weighted by Crippen LogP contribution is 2.24. The molecule has 2 saturated heterocycles. The first kappa shape index (κ1) is 19.5. The number of aromatic nitrogens is 1.